The minimum Gasteiger partial charge on any atom is -0.374 e. The second kappa shape index (κ2) is 7.53. The lowest BCUT2D eigenvalue weighted by Crippen LogP contribution is -2.45. The number of benzene rings is 2. The van der Waals surface area contributed by atoms with Gasteiger partial charge in [-0.15, -0.1) is 0 Å². The molecular formula is C20H21N3O2S. The summed E-state index contributed by atoms with van der Waals surface area (Å²) in [5, 5.41) is 0.651. The smallest absolute Gasteiger partial charge is 0.262 e. The maximum absolute atomic E-state index is 12.8. The van der Waals surface area contributed by atoms with Gasteiger partial charge < -0.3 is 9.72 Å². The Morgan fingerprint density at radius 2 is 1.88 bits per heavy atom. The fraction of sp³-hybridized carbons (Fsp3) is 0.300. The van der Waals surface area contributed by atoms with Crippen LogP contribution in [0.15, 0.2) is 59.4 Å². The number of rotatable bonds is 4. The van der Waals surface area contributed by atoms with Gasteiger partial charge >= 0.3 is 0 Å². The van der Waals surface area contributed by atoms with Crippen LogP contribution >= 0.6 is 12.2 Å². The van der Waals surface area contributed by atoms with E-state index in [0.29, 0.717) is 23.3 Å². The van der Waals surface area contributed by atoms with E-state index in [9.17, 15) is 4.79 Å². The lowest BCUT2D eigenvalue weighted by molar-refractivity contribution is -0.0394. The Bertz CT molecular complexity index is 1010. The number of aromatic amines is 1. The van der Waals surface area contributed by atoms with Crippen molar-refractivity contribution >= 4 is 23.1 Å². The van der Waals surface area contributed by atoms with Gasteiger partial charge in [-0.2, -0.15) is 0 Å². The van der Waals surface area contributed by atoms with Crippen LogP contribution in [-0.2, 0) is 17.8 Å². The molecule has 134 valence electrons. The Morgan fingerprint density at radius 3 is 2.73 bits per heavy atom. The van der Waals surface area contributed by atoms with Crippen molar-refractivity contribution in [3.8, 4) is 0 Å². The highest BCUT2D eigenvalue weighted by Crippen LogP contribution is 2.13. The van der Waals surface area contributed by atoms with E-state index in [1.165, 1.54) is 5.56 Å². The van der Waals surface area contributed by atoms with Gasteiger partial charge in [-0.25, -0.2) is 0 Å². The molecule has 1 aliphatic rings. The van der Waals surface area contributed by atoms with E-state index in [-0.39, 0.29) is 11.7 Å². The van der Waals surface area contributed by atoms with Crippen LogP contribution in [0.2, 0.25) is 0 Å². The molecule has 2 aromatic carbocycles. The van der Waals surface area contributed by atoms with Crippen molar-refractivity contribution in [1.82, 2.24) is 14.5 Å². The SMILES string of the molecule is O=c1c2ccccc2[nH]c(=S)n1CC1CN(Cc2ccccc2)CCO1. The molecule has 26 heavy (non-hydrogen) atoms. The highest BCUT2D eigenvalue weighted by atomic mass is 32.1. The number of nitrogens with one attached hydrogen (secondary N) is 1. The first-order chi connectivity index (χ1) is 12.7. The molecule has 1 atom stereocenters. The summed E-state index contributed by atoms with van der Waals surface area (Å²) in [6.07, 6.45) is -0.0542. The van der Waals surface area contributed by atoms with E-state index in [1.54, 1.807) is 4.57 Å². The van der Waals surface area contributed by atoms with Gasteiger partial charge in [-0.05, 0) is 29.9 Å². The number of para-hydroxylation sites is 1. The third kappa shape index (κ3) is 3.62. The number of hydrogen-bond acceptors (Lipinski definition) is 4. The normalized spacial score (nSPS) is 18.2. The van der Waals surface area contributed by atoms with Crippen molar-refractivity contribution in [3.05, 3.63) is 75.3 Å². The van der Waals surface area contributed by atoms with Crippen LogP contribution in [-0.4, -0.2) is 40.3 Å². The molecule has 0 radical (unpaired) electrons. The molecule has 3 aromatic rings. The van der Waals surface area contributed by atoms with Crippen molar-refractivity contribution in [2.45, 2.75) is 19.2 Å². The summed E-state index contributed by atoms with van der Waals surface area (Å²) < 4.78 is 7.97. The summed E-state index contributed by atoms with van der Waals surface area (Å²) in [6, 6.07) is 17.9. The molecule has 1 saturated heterocycles. The fourth-order valence-electron chi connectivity index (χ4n) is 3.44. The maximum Gasteiger partial charge on any atom is 0.262 e. The minimum absolute atomic E-state index is 0.0542. The monoisotopic (exact) mass is 367 g/mol. The number of ether oxygens (including phenoxy) is 1. The van der Waals surface area contributed by atoms with Gasteiger partial charge in [0, 0.05) is 19.6 Å². The van der Waals surface area contributed by atoms with Gasteiger partial charge in [-0.1, -0.05) is 42.5 Å². The van der Waals surface area contributed by atoms with Crippen LogP contribution in [0.4, 0.5) is 0 Å². The quantitative estimate of drug-likeness (QED) is 0.721. The number of morpholine rings is 1. The summed E-state index contributed by atoms with van der Waals surface area (Å²) in [4.78, 5) is 18.3. The van der Waals surface area contributed by atoms with Gasteiger partial charge in [0.1, 0.15) is 0 Å². The summed E-state index contributed by atoms with van der Waals surface area (Å²) in [7, 11) is 0. The summed E-state index contributed by atoms with van der Waals surface area (Å²) in [5.41, 5.74) is 2.00. The van der Waals surface area contributed by atoms with Crippen LogP contribution in [0, 0.1) is 4.77 Å². The molecule has 2 heterocycles. The zero-order valence-electron chi connectivity index (χ0n) is 14.4. The third-order valence-electron chi connectivity index (χ3n) is 4.75. The molecule has 0 spiro atoms. The van der Waals surface area contributed by atoms with Gasteiger partial charge in [-0.3, -0.25) is 14.3 Å². The van der Waals surface area contributed by atoms with Crippen molar-refractivity contribution in [2.75, 3.05) is 19.7 Å². The van der Waals surface area contributed by atoms with E-state index >= 15 is 0 Å². The van der Waals surface area contributed by atoms with Crippen LogP contribution < -0.4 is 5.56 Å². The Kier molecular flexibility index (Phi) is 4.97. The lowest BCUT2D eigenvalue weighted by Gasteiger charge is -2.33. The van der Waals surface area contributed by atoms with Crippen molar-refractivity contribution in [3.63, 3.8) is 0 Å². The number of fused-ring (bicyclic) bond motifs is 1. The van der Waals surface area contributed by atoms with Gasteiger partial charge in [0.15, 0.2) is 4.77 Å². The van der Waals surface area contributed by atoms with Gasteiger partial charge in [0.25, 0.3) is 5.56 Å². The highest BCUT2D eigenvalue weighted by molar-refractivity contribution is 7.71. The average Bonchev–Trinajstić information content (AvgIpc) is 2.66. The van der Waals surface area contributed by atoms with E-state index in [2.05, 4.69) is 34.1 Å². The zero-order valence-corrected chi connectivity index (χ0v) is 15.2. The van der Waals surface area contributed by atoms with Crippen molar-refractivity contribution in [2.24, 2.45) is 0 Å². The fourth-order valence-corrected chi connectivity index (χ4v) is 3.71. The number of aromatic nitrogens is 2. The molecule has 0 saturated carbocycles. The second-order valence-electron chi connectivity index (χ2n) is 6.61. The lowest BCUT2D eigenvalue weighted by atomic mass is 10.2. The Labute approximate surface area is 156 Å². The van der Waals surface area contributed by atoms with E-state index in [1.807, 2.05) is 30.3 Å². The van der Waals surface area contributed by atoms with Crippen LogP contribution in [0.5, 0.6) is 0 Å². The topological polar surface area (TPSA) is 50.3 Å². The van der Waals surface area contributed by atoms with Crippen molar-refractivity contribution in [1.29, 1.82) is 0 Å². The van der Waals surface area contributed by atoms with Crippen LogP contribution in [0.25, 0.3) is 10.9 Å². The van der Waals surface area contributed by atoms with E-state index in [0.717, 1.165) is 25.2 Å². The predicted molar refractivity (Wildman–Crippen MR) is 105 cm³/mol. The molecule has 5 nitrogen and oxygen atoms in total. The highest BCUT2D eigenvalue weighted by Gasteiger charge is 2.22. The zero-order chi connectivity index (χ0) is 17.9. The number of nitrogens with zero attached hydrogens (tertiary/aromatic N) is 2. The molecule has 0 amide bonds. The van der Waals surface area contributed by atoms with E-state index in [4.69, 9.17) is 17.0 Å². The predicted octanol–water partition coefficient (Wildman–Crippen LogP) is 2.96. The molecule has 4 rings (SSSR count). The largest absolute Gasteiger partial charge is 0.374 e. The Balaban J connectivity index is 1.53. The van der Waals surface area contributed by atoms with Crippen LogP contribution in [0.1, 0.15) is 5.56 Å². The first-order valence-corrected chi connectivity index (χ1v) is 9.21. The van der Waals surface area contributed by atoms with E-state index < -0.39 is 0 Å². The molecular weight excluding hydrogens is 346 g/mol. The average molecular weight is 367 g/mol. The molecule has 1 aliphatic heterocycles. The number of H-pyrrole nitrogens is 1. The molecule has 1 fully saturated rings. The van der Waals surface area contributed by atoms with Crippen LogP contribution in [0.3, 0.4) is 0 Å². The first-order valence-electron chi connectivity index (χ1n) is 8.80. The summed E-state index contributed by atoms with van der Waals surface area (Å²) in [6.45, 7) is 3.69. The Hall–Kier alpha value is -2.28. The molecule has 6 heteroatoms. The Morgan fingerprint density at radius 1 is 1.12 bits per heavy atom. The van der Waals surface area contributed by atoms with Gasteiger partial charge in [0.05, 0.1) is 30.2 Å². The second-order valence-corrected chi connectivity index (χ2v) is 6.99. The molecule has 0 aliphatic carbocycles. The molecule has 1 N–H and O–H groups in total. The van der Waals surface area contributed by atoms with Crippen molar-refractivity contribution < 1.29 is 4.74 Å². The third-order valence-corrected chi connectivity index (χ3v) is 5.07. The molecule has 0 bridgehead atoms. The maximum atomic E-state index is 12.8. The number of hydrogen-bond donors (Lipinski definition) is 1. The first kappa shape index (κ1) is 17.1. The molecule has 1 unspecified atom stereocenters. The molecule has 1 aromatic heterocycles. The standard InChI is InChI=1S/C20H21N3O2S/c24-19-17-8-4-5-9-18(17)21-20(26)23(19)14-16-13-22(10-11-25-16)12-15-6-2-1-3-7-15/h1-9,16H,10-14H2,(H,21,26). The van der Waals surface area contributed by atoms with Gasteiger partial charge in [0.2, 0.25) is 0 Å². The minimum atomic E-state index is -0.0619. The summed E-state index contributed by atoms with van der Waals surface area (Å²) in [5.74, 6) is 0. The summed E-state index contributed by atoms with van der Waals surface area (Å²) >= 11 is 5.41.